The van der Waals surface area contributed by atoms with Crippen molar-refractivity contribution in [2.24, 2.45) is 9.98 Å². The molecule has 1 aromatic carbocycles. The van der Waals surface area contributed by atoms with Gasteiger partial charge in [0.05, 0.1) is 11.3 Å². The molecule has 1 aromatic rings. The van der Waals surface area contributed by atoms with Crippen LogP contribution in [0.25, 0.3) is 0 Å². The van der Waals surface area contributed by atoms with Crippen LogP contribution in [-0.2, 0) is 11.3 Å². The Labute approximate surface area is 112 Å². The molecular weight excluding hydrogens is 240 g/mol. The third-order valence-electron chi connectivity index (χ3n) is 3.25. The van der Waals surface area contributed by atoms with E-state index in [0.717, 1.165) is 28.1 Å². The zero-order valence-corrected chi connectivity index (χ0v) is 11.4. The van der Waals surface area contributed by atoms with Crippen LogP contribution in [0.5, 0.6) is 0 Å². The molecule has 98 valence electrons. The molecule has 0 spiro atoms. The Morgan fingerprint density at radius 1 is 1.42 bits per heavy atom. The van der Waals surface area contributed by atoms with Gasteiger partial charge < -0.3 is 4.74 Å². The first-order valence-electron chi connectivity index (χ1n) is 6.02. The Bertz CT molecular complexity index is 613. The minimum Gasteiger partial charge on any atom is -0.457 e. The Hall–Kier alpha value is -2.23. The fourth-order valence-corrected chi connectivity index (χ4v) is 2.04. The summed E-state index contributed by atoms with van der Waals surface area (Å²) >= 11 is 0. The molecule has 1 aliphatic rings. The minimum atomic E-state index is -0.245. The van der Waals surface area contributed by atoms with E-state index in [1.165, 1.54) is 0 Å². The van der Waals surface area contributed by atoms with Crippen LogP contribution in [-0.4, -0.2) is 18.4 Å². The van der Waals surface area contributed by atoms with Crippen LogP contribution in [0.3, 0.4) is 0 Å². The smallest absolute Gasteiger partial charge is 0.338 e. The molecule has 0 aromatic heterocycles. The van der Waals surface area contributed by atoms with Crippen LogP contribution in [0, 0.1) is 6.92 Å². The van der Waals surface area contributed by atoms with Gasteiger partial charge in [-0.3, -0.25) is 9.98 Å². The summed E-state index contributed by atoms with van der Waals surface area (Å²) in [5.41, 5.74) is 5.32. The monoisotopic (exact) mass is 256 g/mol. The summed E-state index contributed by atoms with van der Waals surface area (Å²) < 4.78 is 5.04. The third kappa shape index (κ3) is 2.47. The number of aliphatic imine (C=N–C) groups is 2. The van der Waals surface area contributed by atoms with E-state index in [1.807, 2.05) is 26.8 Å². The number of carbonyl (C=O) groups excluding carboxylic acids is 1. The van der Waals surface area contributed by atoms with Gasteiger partial charge in [-0.15, -0.1) is 0 Å². The maximum absolute atomic E-state index is 11.5. The second kappa shape index (κ2) is 5.18. The maximum Gasteiger partial charge on any atom is 0.338 e. The largest absolute Gasteiger partial charge is 0.457 e. The fourth-order valence-electron chi connectivity index (χ4n) is 2.04. The summed E-state index contributed by atoms with van der Waals surface area (Å²) in [4.78, 5) is 19.6. The van der Waals surface area contributed by atoms with Gasteiger partial charge in [-0.25, -0.2) is 4.79 Å². The van der Waals surface area contributed by atoms with E-state index in [4.69, 9.17) is 4.74 Å². The van der Waals surface area contributed by atoms with Crippen LogP contribution in [0.2, 0.25) is 0 Å². The Kier molecular flexibility index (Phi) is 3.60. The van der Waals surface area contributed by atoms with Gasteiger partial charge in [0.25, 0.3) is 0 Å². The van der Waals surface area contributed by atoms with E-state index in [-0.39, 0.29) is 5.97 Å². The van der Waals surface area contributed by atoms with Crippen molar-refractivity contribution in [1.82, 2.24) is 0 Å². The van der Waals surface area contributed by atoms with Gasteiger partial charge in [-0.2, -0.15) is 0 Å². The molecule has 0 fully saturated rings. The van der Waals surface area contributed by atoms with Crippen molar-refractivity contribution in [3.8, 4) is 0 Å². The predicted octanol–water partition coefficient (Wildman–Crippen LogP) is 3.04. The summed E-state index contributed by atoms with van der Waals surface area (Å²) in [6, 6.07) is 3.71. The van der Waals surface area contributed by atoms with E-state index in [2.05, 4.69) is 16.7 Å². The van der Waals surface area contributed by atoms with Crippen molar-refractivity contribution in [1.29, 1.82) is 0 Å². The van der Waals surface area contributed by atoms with E-state index in [1.54, 1.807) is 12.3 Å². The number of nitrogens with zero attached hydrogens (tertiary/aromatic N) is 2. The molecule has 4 heteroatoms. The molecular formula is C15H16N2O2. The van der Waals surface area contributed by atoms with Gasteiger partial charge in [-0.1, -0.05) is 6.07 Å². The highest BCUT2D eigenvalue weighted by Crippen LogP contribution is 2.26. The number of hydrogen-bond acceptors (Lipinski definition) is 4. The van der Waals surface area contributed by atoms with Crippen LogP contribution < -0.4 is 0 Å². The van der Waals surface area contributed by atoms with Crippen LogP contribution in [0.1, 0.15) is 40.9 Å². The summed E-state index contributed by atoms with van der Waals surface area (Å²) in [7, 11) is 0. The van der Waals surface area contributed by atoms with Crippen molar-refractivity contribution >= 4 is 18.4 Å². The molecule has 4 nitrogen and oxygen atoms in total. The Balaban J connectivity index is 2.42. The molecule has 1 heterocycles. The molecule has 0 saturated carbocycles. The number of esters is 1. The topological polar surface area (TPSA) is 51.0 Å². The lowest BCUT2D eigenvalue weighted by Crippen LogP contribution is -2.02. The lowest BCUT2D eigenvalue weighted by atomic mass is 9.96. The molecule has 0 amide bonds. The number of cyclic esters (lactones) is 1. The number of carbonyl (C=O) groups is 1. The first kappa shape index (κ1) is 13.2. The van der Waals surface area contributed by atoms with E-state index in [9.17, 15) is 4.79 Å². The van der Waals surface area contributed by atoms with Gasteiger partial charge in [0, 0.05) is 17.5 Å². The van der Waals surface area contributed by atoms with Gasteiger partial charge in [0.2, 0.25) is 0 Å². The summed E-state index contributed by atoms with van der Waals surface area (Å²) in [5.74, 6) is -0.245. The second-order valence-electron chi connectivity index (χ2n) is 4.48. The summed E-state index contributed by atoms with van der Waals surface area (Å²) in [5, 5.41) is 0. The van der Waals surface area contributed by atoms with Gasteiger partial charge in [0.15, 0.2) is 0 Å². The molecule has 2 rings (SSSR count). The van der Waals surface area contributed by atoms with Crippen molar-refractivity contribution in [3.05, 3.63) is 46.3 Å². The fraction of sp³-hybridized carbons (Fsp3) is 0.267. The highest BCUT2D eigenvalue weighted by atomic mass is 16.5. The van der Waals surface area contributed by atoms with Crippen molar-refractivity contribution < 1.29 is 9.53 Å². The number of allylic oxidation sites excluding steroid dienone is 1. The second-order valence-corrected chi connectivity index (χ2v) is 4.48. The number of fused-ring (bicyclic) bond motifs is 1. The number of hydrogen-bond donors (Lipinski definition) is 0. The van der Waals surface area contributed by atoms with E-state index in [0.29, 0.717) is 12.2 Å². The normalized spacial score (nSPS) is 15.2. The average molecular weight is 256 g/mol. The number of ether oxygens (including phenoxy) is 1. The first-order chi connectivity index (χ1) is 9.04. The summed E-state index contributed by atoms with van der Waals surface area (Å²) in [6.45, 7) is 9.55. The van der Waals surface area contributed by atoms with Gasteiger partial charge >= 0.3 is 5.97 Å². The predicted molar refractivity (Wildman–Crippen MR) is 75.8 cm³/mol. The van der Waals surface area contributed by atoms with Crippen molar-refractivity contribution in [2.75, 3.05) is 0 Å². The molecule has 0 aliphatic carbocycles. The summed E-state index contributed by atoms with van der Waals surface area (Å²) in [6.07, 6.45) is 1.68. The minimum absolute atomic E-state index is 0.245. The molecule has 0 saturated heterocycles. The maximum atomic E-state index is 11.5. The lowest BCUT2D eigenvalue weighted by Gasteiger charge is -2.08. The first-order valence-corrected chi connectivity index (χ1v) is 6.02. The molecule has 0 bridgehead atoms. The van der Waals surface area contributed by atoms with Gasteiger partial charge in [0.1, 0.15) is 6.61 Å². The number of rotatable bonds is 3. The number of benzene rings is 1. The van der Waals surface area contributed by atoms with E-state index < -0.39 is 0 Å². The highest BCUT2D eigenvalue weighted by molar-refractivity contribution is 6.03. The zero-order valence-electron chi connectivity index (χ0n) is 11.4. The van der Waals surface area contributed by atoms with Crippen LogP contribution in [0.15, 0.2) is 34.0 Å². The highest BCUT2D eigenvalue weighted by Gasteiger charge is 2.24. The molecule has 0 unspecified atom stereocenters. The zero-order chi connectivity index (χ0) is 14.0. The van der Waals surface area contributed by atoms with Crippen molar-refractivity contribution in [2.45, 2.75) is 27.4 Å². The van der Waals surface area contributed by atoms with Crippen LogP contribution >= 0.6 is 0 Å². The Morgan fingerprint density at radius 3 is 2.84 bits per heavy atom. The average Bonchev–Trinajstić information content (AvgIpc) is 2.78. The standard InChI is InChI=1S/C15H16N2O2/c1-9(16-4)7-17-11(3)12-5-6-13-14(10(12)2)8-19-15(13)18/h5-7H,4,8H2,1-3H3/b9-7-,17-11?. The van der Waals surface area contributed by atoms with Gasteiger partial charge in [-0.05, 0) is 44.7 Å². The Morgan fingerprint density at radius 2 is 2.16 bits per heavy atom. The van der Waals surface area contributed by atoms with E-state index >= 15 is 0 Å². The lowest BCUT2D eigenvalue weighted by molar-refractivity contribution is 0.0535. The molecule has 0 N–H and O–H groups in total. The molecule has 19 heavy (non-hydrogen) atoms. The molecule has 0 atom stereocenters. The van der Waals surface area contributed by atoms with Crippen LogP contribution in [0.4, 0.5) is 0 Å². The third-order valence-corrected chi connectivity index (χ3v) is 3.25. The SMILES string of the molecule is C=N/C(C)=C\N=C(C)c1ccc2c(c1C)COC2=O. The molecule has 0 radical (unpaired) electrons. The molecule has 1 aliphatic heterocycles. The quantitative estimate of drug-likeness (QED) is 0.616. The van der Waals surface area contributed by atoms with Crippen molar-refractivity contribution in [3.63, 3.8) is 0 Å².